The van der Waals surface area contributed by atoms with E-state index < -0.39 is 8.32 Å². The van der Waals surface area contributed by atoms with Crippen LogP contribution in [0.3, 0.4) is 0 Å². The van der Waals surface area contributed by atoms with Crippen LogP contribution < -0.4 is 0 Å². The molecular weight excluding hydrogens is 526 g/mol. The lowest BCUT2D eigenvalue weighted by atomic mass is 9.70. The first-order valence-electron chi connectivity index (χ1n) is 15.8. The van der Waals surface area contributed by atoms with Crippen molar-refractivity contribution >= 4 is 14.3 Å². The minimum Gasteiger partial charge on any atom is -0.462 e. The van der Waals surface area contributed by atoms with Crippen LogP contribution in [0.5, 0.6) is 0 Å². The first-order valence-corrected chi connectivity index (χ1v) is 18.7. The number of pyridine rings is 1. The molecule has 1 aromatic heterocycles. The first-order chi connectivity index (χ1) is 19.1. The molecular formula is C35H51NO4Si. The van der Waals surface area contributed by atoms with Crippen LogP contribution in [0.4, 0.5) is 0 Å². The van der Waals surface area contributed by atoms with Crippen molar-refractivity contribution in [1.29, 1.82) is 0 Å². The van der Waals surface area contributed by atoms with Crippen LogP contribution in [0.1, 0.15) is 150 Å². The highest BCUT2D eigenvalue weighted by Gasteiger charge is 2.54. The highest BCUT2D eigenvalue weighted by atomic mass is 28.4. The molecule has 0 amide bonds. The van der Waals surface area contributed by atoms with Crippen molar-refractivity contribution in [3.63, 3.8) is 0 Å². The van der Waals surface area contributed by atoms with Gasteiger partial charge in [-0.15, -0.1) is 0 Å². The molecule has 0 saturated heterocycles. The van der Waals surface area contributed by atoms with Gasteiger partial charge in [0.25, 0.3) is 0 Å². The number of fused-ring (bicyclic) bond motifs is 4. The summed E-state index contributed by atoms with van der Waals surface area (Å²) >= 11 is 0. The molecule has 1 spiro atoms. The number of nitrogens with zero attached hydrogens (tertiary/aromatic N) is 1. The maximum atomic E-state index is 12.4. The molecule has 2 aromatic rings. The predicted octanol–water partition coefficient (Wildman–Crippen LogP) is 9.31. The molecule has 0 N–H and O–H groups in total. The van der Waals surface area contributed by atoms with Gasteiger partial charge in [-0.2, -0.15) is 0 Å². The van der Waals surface area contributed by atoms with Gasteiger partial charge >= 0.3 is 5.97 Å². The van der Waals surface area contributed by atoms with Gasteiger partial charge < -0.3 is 13.9 Å². The number of aromatic nitrogens is 1. The molecule has 5 rings (SSSR count). The Hall–Kier alpha value is -2.02. The third-order valence-electron chi connectivity index (χ3n) is 10.1. The first kappa shape index (κ1) is 30.4. The quantitative estimate of drug-likeness (QED) is 0.253. The number of hydrogen-bond donors (Lipinski definition) is 0. The Morgan fingerprint density at radius 1 is 1.10 bits per heavy atom. The van der Waals surface area contributed by atoms with E-state index in [-0.39, 0.29) is 40.1 Å². The van der Waals surface area contributed by atoms with E-state index in [9.17, 15) is 4.79 Å². The zero-order valence-corrected chi connectivity index (χ0v) is 28.1. The molecule has 224 valence electrons. The van der Waals surface area contributed by atoms with Gasteiger partial charge in [0.15, 0.2) is 8.32 Å². The summed E-state index contributed by atoms with van der Waals surface area (Å²) in [5.41, 5.74) is 7.81. The molecule has 6 heteroatoms. The lowest BCUT2D eigenvalue weighted by molar-refractivity contribution is -0.0579. The predicted molar refractivity (Wildman–Crippen MR) is 167 cm³/mol. The number of rotatable bonds is 6. The van der Waals surface area contributed by atoms with Gasteiger partial charge in [0.05, 0.1) is 23.9 Å². The van der Waals surface area contributed by atoms with Gasteiger partial charge in [-0.05, 0) is 85.3 Å². The Labute approximate surface area is 248 Å². The zero-order valence-electron chi connectivity index (χ0n) is 27.1. The van der Waals surface area contributed by atoms with E-state index in [1.165, 1.54) is 35.2 Å². The second-order valence-corrected chi connectivity index (χ2v) is 20.0. The smallest absolute Gasteiger partial charge is 0.338 e. The summed E-state index contributed by atoms with van der Waals surface area (Å²) in [5, 5.41) is 0.119. The molecule has 1 saturated carbocycles. The summed E-state index contributed by atoms with van der Waals surface area (Å²) in [4.78, 5) is 17.9. The van der Waals surface area contributed by atoms with Crippen LogP contribution in [0.15, 0.2) is 24.3 Å². The second-order valence-electron chi connectivity index (χ2n) is 15.3. The van der Waals surface area contributed by atoms with E-state index in [0.717, 1.165) is 36.9 Å². The third-order valence-corrected chi connectivity index (χ3v) is 14.6. The third kappa shape index (κ3) is 5.45. The minimum absolute atomic E-state index is 0.0168. The van der Waals surface area contributed by atoms with Gasteiger partial charge in [0.1, 0.15) is 6.10 Å². The number of carbonyl (C=O) groups excluding carboxylic acids is 1. The molecule has 1 aromatic carbocycles. The molecule has 3 aliphatic rings. The van der Waals surface area contributed by atoms with Gasteiger partial charge in [-0.25, -0.2) is 4.79 Å². The molecule has 2 aliphatic carbocycles. The fourth-order valence-electron chi connectivity index (χ4n) is 7.02. The van der Waals surface area contributed by atoms with E-state index >= 15 is 0 Å². The van der Waals surface area contributed by atoms with Crippen LogP contribution in [0, 0.1) is 5.41 Å². The average Bonchev–Trinajstić information content (AvgIpc) is 3.47. The lowest BCUT2D eigenvalue weighted by Crippen LogP contribution is -2.44. The van der Waals surface area contributed by atoms with Crippen LogP contribution >= 0.6 is 0 Å². The average molecular weight is 578 g/mol. The summed E-state index contributed by atoms with van der Waals surface area (Å²) in [6.45, 7) is 23.2. The van der Waals surface area contributed by atoms with Gasteiger partial charge in [0.2, 0.25) is 0 Å². The summed E-state index contributed by atoms with van der Waals surface area (Å²) < 4.78 is 19.8. The minimum atomic E-state index is -2.06. The number of esters is 1. The molecule has 41 heavy (non-hydrogen) atoms. The van der Waals surface area contributed by atoms with Gasteiger partial charge in [-0.3, -0.25) is 4.98 Å². The monoisotopic (exact) mass is 577 g/mol. The van der Waals surface area contributed by atoms with E-state index in [1.54, 1.807) is 0 Å². The Kier molecular flexibility index (Phi) is 7.87. The van der Waals surface area contributed by atoms with Gasteiger partial charge in [0, 0.05) is 22.5 Å². The number of carbonyl (C=O) groups is 1. The second kappa shape index (κ2) is 10.6. The molecule has 2 heterocycles. The van der Waals surface area contributed by atoms with Crippen LogP contribution in [-0.4, -0.2) is 25.9 Å². The lowest BCUT2D eigenvalue weighted by Gasteiger charge is -2.45. The van der Waals surface area contributed by atoms with Crippen molar-refractivity contribution in [2.24, 2.45) is 5.41 Å². The fraction of sp³-hybridized carbons (Fsp3) is 0.657. The molecule has 5 nitrogen and oxygen atoms in total. The Morgan fingerprint density at radius 3 is 2.29 bits per heavy atom. The summed E-state index contributed by atoms with van der Waals surface area (Å²) in [6, 6.07) is 7.85. The van der Waals surface area contributed by atoms with Gasteiger partial charge in [-0.1, -0.05) is 73.4 Å². The molecule has 0 bridgehead atoms. The van der Waals surface area contributed by atoms with Crippen LogP contribution in [0.2, 0.25) is 18.1 Å². The van der Waals surface area contributed by atoms with Crippen molar-refractivity contribution in [3.05, 3.63) is 63.5 Å². The van der Waals surface area contributed by atoms with E-state index in [4.69, 9.17) is 18.9 Å². The number of benzene rings is 1. The molecule has 2 unspecified atom stereocenters. The molecule has 0 radical (unpaired) electrons. The van der Waals surface area contributed by atoms with Crippen molar-refractivity contribution in [2.45, 2.75) is 136 Å². The highest BCUT2D eigenvalue weighted by molar-refractivity contribution is 6.74. The summed E-state index contributed by atoms with van der Waals surface area (Å²) in [6.07, 6.45) is 6.16. The zero-order chi connectivity index (χ0) is 30.0. The standard InChI is InChI=1S/C35H51NO4Si/c1-11-38-32(37)24-16-14-23(15-17-24)31-28-29(35(39-31)18-12-13-19-35)27-25(36-30(28)22(2)3)20-34(7,8)21-26(27)40-41(9,10)33(4,5)6/h14-17,22,26,31H,11-13,18-21H2,1-10H3. The normalized spacial score (nSPS) is 23.1. The van der Waals surface area contributed by atoms with Crippen molar-refractivity contribution in [1.82, 2.24) is 4.98 Å². The van der Waals surface area contributed by atoms with Crippen molar-refractivity contribution < 1.29 is 18.7 Å². The van der Waals surface area contributed by atoms with E-state index in [2.05, 4.69) is 61.6 Å². The maximum absolute atomic E-state index is 12.4. The van der Waals surface area contributed by atoms with Crippen molar-refractivity contribution in [2.75, 3.05) is 6.61 Å². The Morgan fingerprint density at radius 2 is 1.73 bits per heavy atom. The highest BCUT2D eigenvalue weighted by Crippen LogP contribution is 2.60. The number of ether oxygens (including phenoxy) is 2. The summed E-state index contributed by atoms with van der Waals surface area (Å²) in [5.74, 6) is -0.0220. The van der Waals surface area contributed by atoms with Crippen LogP contribution in [-0.2, 0) is 25.9 Å². The summed E-state index contributed by atoms with van der Waals surface area (Å²) in [7, 11) is -2.06. The van der Waals surface area contributed by atoms with Crippen molar-refractivity contribution in [3.8, 4) is 0 Å². The molecule has 1 fully saturated rings. The largest absolute Gasteiger partial charge is 0.462 e. The SMILES string of the molecule is CCOC(=O)c1ccc(C2OC3(CCCC3)c3c4c(nc(C(C)C)c32)CC(C)(C)CC4O[Si](C)(C)C(C)(C)C)cc1. The van der Waals surface area contributed by atoms with E-state index in [1.807, 2.05) is 31.2 Å². The molecule has 1 aliphatic heterocycles. The Balaban J connectivity index is 1.72. The Bertz CT molecular complexity index is 1300. The fourth-order valence-corrected chi connectivity index (χ4v) is 8.29. The van der Waals surface area contributed by atoms with Crippen LogP contribution in [0.25, 0.3) is 0 Å². The molecule has 2 atom stereocenters. The maximum Gasteiger partial charge on any atom is 0.338 e. The topological polar surface area (TPSA) is 57.7 Å². The number of hydrogen-bond acceptors (Lipinski definition) is 5. The van der Waals surface area contributed by atoms with E-state index in [0.29, 0.717) is 12.2 Å².